The van der Waals surface area contributed by atoms with Gasteiger partial charge in [-0.05, 0) is 18.6 Å². The molecule has 0 aliphatic rings. The minimum atomic E-state index is -1.89. The first-order chi connectivity index (χ1) is 6.02. The lowest BCUT2D eigenvalue weighted by Crippen LogP contribution is -2.20. The molecule has 2 N–H and O–H groups in total. The summed E-state index contributed by atoms with van der Waals surface area (Å²) < 4.78 is 4.58. The third-order valence-corrected chi connectivity index (χ3v) is 2.43. The van der Waals surface area contributed by atoms with Gasteiger partial charge in [0, 0.05) is 0 Å². The zero-order valence-electron chi connectivity index (χ0n) is 6.79. The molecule has 0 aliphatic heterocycles. The minimum Gasteiger partial charge on any atom is -0.511 e. The van der Waals surface area contributed by atoms with Crippen LogP contribution in [0.25, 0.3) is 0 Å². The predicted octanol–water partition coefficient (Wildman–Crippen LogP) is 1.65. The summed E-state index contributed by atoms with van der Waals surface area (Å²) >= 11 is 11.6. The number of halogens is 2. The lowest BCUT2D eigenvalue weighted by Gasteiger charge is -2.08. The van der Waals surface area contributed by atoms with Crippen LogP contribution >= 0.6 is 23.2 Å². The van der Waals surface area contributed by atoms with Crippen LogP contribution in [0.1, 0.15) is 5.56 Å². The van der Waals surface area contributed by atoms with Crippen LogP contribution in [0.2, 0.25) is 10.0 Å². The van der Waals surface area contributed by atoms with Gasteiger partial charge in [0.05, 0.1) is 10.0 Å². The normalized spacial score (nSPS) is 9.92. The highest BCUT2D eigenvalue weighted by Crippen LogP contribution is 2.34. The maximum absolute atomic E-state index is 8.52. The van der Waals surface area contributed by atoms with Crippen molar-refractivity contribution in [2.75, 3.05) is 0 Å². The number of aryl methyl sites for hydroxylation is 1. The molecule has 0 unspecified atom stereocenters. The van der Waals surface area contributed by atoms with Crippen LogP contribution in [-0.4, -0.2) is 17.4 Å². The second-order valence-electron chi connectivity index (χ2n) is 2.45. The molecule has 6 heteroatoms. The van der Waals surface area contributed by atoms with Crippen LogP contribution in [0.3, 0.4) is 0 Å². The molecule has 0 amide bonds. The van der Waals surface area contributed by atoms with E-state index in [4.69, 9.17) is 33.2 Å². The average molecular weight is 221 g/mol. The van der Waals surface area contributed by atoms with E-state index >= 15 is 0 Å². The van der Waals surface area contributed by atoms with E-state index in [1.807, 2.05) is 0 Å². The van der Waals surface area contributed by atoms with Crippen molar-refractivity contribution in [3.63, 3.8) is 0 Å². The third-order valence-electron chi connectivity index (χ3n) is 1.47. The zero-order valence-corrected chi connectivity index (χ0v) is 8.30. The average Bonchev–Trinajstić information content (AvgIpc) is 2.06. The van der Waals surface area contributed by atoms with Crippen molar-refractivity contribution in [3.8, 4) is 5.75 Å². The largest absolute Gasteiger partial charge is 0.707 e. The van der Waals surface area contributed by atoms with Crippen LogP contribution in [-0.2, 0) is 0 Å². The van der Waals surface area contributed by atoms with E-state index in [2.05, 4.69) is 4.65 Å². The Morgan fingerprint density at radius 1 is 1.23 bits per heavy atom. The molecular weight excluding hydrogens is 214 g/mol. The van der Waals surface area contributed by atoms with E-state index in [1.54, 1.807) is 13.0 Å². The van der Waals surface area contributed by atoms with Gasteiger partial charge < -0.3 is 14.7 Å². The van der Waals surface area contributed by atoms with Gasteiger partial charge in [0.1, 0.15) is 5.75 Å². The molecule has 0 heterocycles. The lowest BCUT2D eigenvalue weighted by atomic mass is 10.2. The van der Waals surface area contributed by atoms with Gasteiger partial charge in [0.2, 0.25) is 0 Å². The van der Waals surface area contributed by atoms with Crippen molar-refractivity contribution in [2.24, 2.45) is 0 Å². The predicted molar refractivity (Wildman–Crippen MR) is 52.0 cm³/mol. The first kappa shape index (κ1) is 10.7. The maximum atomic E-state index is 8.52. The van der Waals surface area contributed by atoms with Gasteiger partial charge in [-0.2, -0.15) is 0 Å². The van der Waals surface area contributed by atoms with Gasteiger partial charge in [-0.15, -0.1) is 0 Å². The van der Waals surface area contributed by atoms with Gasteiger partial charge in [-0.1, -0.05) is 29.3 Å². The Labute approximate surface area is 86.0 Å². The molecule has 0 atom stereocenters. The van der Waals surface area contributed by atoms with E-state index in [9.17, 15) is 0 Å². The maximum Gasteiger partial charge on any atom is 0.707 e. The topological polar surface area (TPSA) is 49.7 Å². The number of hydrogen-bond acceptors (Lipinski definition) is 3. The fourth-order valence-electron chi connectivity index (χ4n) is 0.833. The van der Waals surface area contributed by atoms with Crippen molar-refractivity contribution >= 4 is 30.5 Å². The molecule has 1 aromatic carbocycles. The van der Waals surface area contributed by atoms with Crippen LogP contribution < -0.4 is 4.65 Å². The molecule has 1 rings (SSSR count). The highest BCUT2D eigenvalue weighted by Gasteiger charge is 2.15. The minimum absolute atomic E-state index is 0.146. The summed E-state index contributed by atoms with van der Waals surface area (Å²) in [6, 6.07) is 3.19. The molecule has 0 radical (unpaired) electrons. The summed E-state index contributed by atoms with van der Waals surface area (Å²) in [5.74, 6) is 0.146. The van der Waals surface area contributed by atoms with Crippen LogP contribution in [0.5, 0.6) is 5.75 Å². The quantitative estimate of drug-likeness (QED) is 0.746. The number of rotatable bonds is 2. The smallest absolute Gasteiger partial charge is 0.511 e. The molecule has 0 saturated carbocycles. The Morgan fingerprint density at radius 3 is 2.38 bits per heavy atom. The number of benzene rings is 1. The van der Waals surface area contributed by atoms with Gasteiger partial charge >= 0.3 is 7.32 Å². The summed E-state index contributed by atoms with van der Waals surface area (Å²) in [6.45, 7) is 1.79. The Morgan fingerprint density at radius 2 is 1.85 bits per heavy atom. The summed E-state index contributed by atoms with van der Waals surface area (Å²) in [5.41, 5.74) is 0.798. The molecule has 0 spiro atoms. The van der Waals surface area contributed by atoms with Crippen molar-refractivity contribution in [3.05, 3.63) is 27.7 Å². The molecule has 3 nitrogen and oxygen atoms in total. The van der Waals surface area contributed by atoms with E-state index in [1.165, 1.54) is 6.07 Å². The second-order valence-corrected chi connectivity index (χ2v) is 3.21. The van der Waals surface area contributed by atoms with E-state index < -0.39 is 7.32 Å². The van der Waals surface area contributed by atoms with E-state index in [0.717, 1.165) is 5.56 Å². The van der Waals surface area contributed by atoms with Gasteiger partial charge in [-0.3, -0.25) is 0 Å². The lowest BCUT2D eigenvalue weighted by molar-refractivity contribution is 0.288. The highest BCUT2D eigenvalue weighted by atomic mass is 35.5. The SMILES string of the molecule is Cc1ccc(OB(O)O)c(Cl)c1Cl. The molecule has 0 fully saturated rings. The van der Waals surface area contributed by atoms with Gasteiger partial charge in [-0.25, -0.2) is 0 Å². The molecule has 0 aliphatic carbocycles. The van der Waals surface area contributed by atoms with Crippen molar-refractivity contribution < 1.29 is 14.7 Å². The first-order valence-electron chi connectivity index (χ1n) is 3.49. The Hall–Kier alpha value is -0.415. The number of hydrogen-bond donors (Lipinski definition) is 2. The zero-order chi connectivity index (χ0) is 10.0. The van der Waals surface area contributed by atoms with Crippen molar-refractivity contribution in [1.29, 1.82) is 0 Å². The van der Waals surface area contributed by atoms with Crippen LogP contribution in [0.4, 0.5) is 0 Å². The fourth-order valence-corrected chi connectivity index (χ4v) is 1.25. The van der Waals surface area contributed by atoms with E-state index in [0.29, 0.717) is 5.02 Å². The van der Waals surface area contributed by atoms with Gasteiger partial charge in [0.15, 0.2) is 0 Å². The third kappa shape index (κ3) is 2.51. The standard InChI is InChI=1S/C7H7BCl2O3/c1-4-2-3-5(13-8(11)12)7(10)6(4)9/h2-3,11-12H,1H3. The van der Waals surface area contributed by atoms with Crippen molar-refractivity contribution in [2.45, 2.75) is 6.92 Å². The summed E-state index contributed by atoms with van der Waals surface area (Å²) in [5, 5.41) is 17.6. The molecule has 70 valence electrons. The van der Waals surface area contributed by atoms with Gasteiger partial charge in [0.25, 0.3) is 0 Å². The first-order valence-corrected chi connectivity index (χ1v) is 4.25. The highest BCUT2D eigenvalue weighted by molar-refractivity contribution is 6.44. The molecule has 0 saturated heterocycles. The molecule has 0 bridgehead atoms. The monoisotopic (exact) mass is 220 g/mol. The molecular formula is C7H7BCl2O3. The Bertz CT molecular complexity index is 317. The van der Waals surface area contributed by atoms with Crippen molar-refractivity contribution in [1.82, 2.24) is 0 Å². The summed E-state index contributed by atoms with van der Waals surface area (Å²) in [6.07, 6.45) is 0. The fraction of sp³-hybridized carbons (Fsp3) is 0.143. The Balaban J connectivity index is 3.04. The summed E-state index contributed by atoms with van der Waals surface area (Å²) in [7, 11) is -1.89. The van der Waals surface area contributed by atoms with E-state index in [-0.39, 0.29) is 10.8 Å². The van der Waals surface area contributed by atoms with Crippen LogP contribution in [0, 0.1) is 6.92 Å². The van der Waals surface area contributed by atoms with Crippen LogP contribution in [0.15, 0.2) is 12.1 Å². The summed E-state index contributed by atoms with van der Waals surface area (Å²) in [4.78, 5) is 0. The molecule has 13 heavy (non-hydrogen) atoms. The second kappa shape index (κ2) is 4.20. The Kier molecular flexibility index (Phi) is 3.44. The molecule has 1 aromatic rings. The molecule has 0 aromatic heterocycles.